The summed E-state index contributed by atoms with van der Waals surface area (Å²) in [5.41, 5.74) is 6.38. The molecule has 2 N–H and O–H groups in total. The zero-order valence-electron chi connectivity index (χ0n) is 10.9. The minimum atomic E-state index is 0.458. The molecular formula is C13H28N2. The van der Waals surface area contributed by atoms with Crippen LogP contribution in [0.25, 0.3) is 0 Å². The Bertz CT molecular complexity index is 175. The minimum Gasteiger partial charge on any atom is -0.328 e. The third-order valence-electron chi connectivity index (χ3n) is 3.58. The molecule has 0 aromatic heterocycles. The van der Waals surface area contributed by atoms with Gasteiger partial charge < -0.3 is 10.6 Å². The van der Waals surface area contributed by atoms with Crippen LogP contribution in [-0.4, -0.2) is 30.6 Å². The van der Waals surface area contributed by atoms with Gasteiger partial charge in [-0.25, -0.2) is 0 Å². The Morgan fingerprint density at radius 3 is 2.13 bits per heavy atom. The second kappa shape index (κ2) is 5.31. The van der Waals surface area contributed by atoms with Gasteiger partial charge in [-0.2, -0.15) is 0 Å². The molecule has 90 valence electrons. The van der Waals surface area contributed by atoms with Crippen LogP contribution in [0.15, 0.2) is 0 Å². The number of nitrogens with two attached hydrogens (primary N) is 1. The summed E-state index contributed by atoms with van der Waals surface area (Å²) in [4.78, 5) is 2.54. The van der Waals surface area contributed by atoms with Crippen molar-refractivity contribution < 1.29 is 0 Å². The van der Waals surface area contributed by atoms with Gasteiger partial charge in [-0.15, -0.1) is 0 Å². The highest BCUT2D eigenvalue weighted by atomic mass is 15.1. The van der Waals surface area contributed by atoms with Crippen LogP contribution in [0.5, 0.6) is 0 Å². The summed E-state index contributed by atoms with van der Waals surface area (Å²) < 4.78 is 0. The molecule has 1 rings (SSSR count). The van der Waals surface area contributed by atoms with Gasteiger partial charge in [0.15, 0.2) is 0 Å². The molecule has 1 aliphatic carbocycles. The van der Waals surface area contributed by atoms with Crippen LogP contribution in [0, 0.1) is 5.41 Å². The molecule has 0 atom stereocenters. The van der Waals surface area contributed by atoms with Gasteiger partial charge >= 0.3 is 0 Å². The SMILES string of the molecule is CN(CCC(C)(C)C)C1CCC(N)CC1. The molecule has 2 nitrogen and oxygen atoms in total. The summed E-state index contributed by atoms with van der Waals surface area (Å²) in [5, 5.41) is 0. The molecule has 0 unspecified atom stereocenters. The average Bonchev–Trinajstić information content (AvgIpc) is 2.14. The predicted octanol–water partition coefficient (Wildman–Crippen LogP) is 2.62. The fraction of sp³-hybridized carbons (Fsp3) is 1.00. The Morgan fingerprint density at radius 2 is 1.67 bits per heavy atom. The molecule has 1 aliphatic rings. The van der Waals surface area contributed by atoms with Crippen molar-refractivity contribution in [3.8, 4) is 0 Å². The fourth-order valence-corrected chi connectivity index (χ4v) is 2.24. The van der Waals surface area contributed by atoms with E-state index in [0.717, 1.165) is 6.04 Å². The monoisotopic (exact) mass is 212 g/mol. The molecule has 2 heteroatoms. The second-order valence-corrected chi connectivity index (χ2v) is 6.36. The number of rotatable bonds is 3. The van der Waals surface area contributed by atoms with Crippen LogP contribution >= 0.6 is 0 Å². The van der Waals surface area contributed by atoms with E-state index in [9.17, 15) is 0 Å². The van der Waals surface area contributed by atoms with E-state index in [2.05, 4.69) is 32.7 Å². The Kier molecular flexibility index (Phi) is 4.60. The lowest BCUT2D eigenvalue weighted by molar-refractivity contribution is 0.162. The molecule has 0 spiro atoms. The second-order valence-electron chi connectivity index (χ2n) is 6.36. The molecular weight excluding hydrogens is 184 g/mol. The maximum absolute atomic E-state index is 5.92. The van der Waals surface area contributed by atoms with Crippen molar-refractivity contribution >= 4 is 0 Å². The average molecular weight is 212 g/mol. The number of hydrogen-bond donors (Lipinski definition) is 1. The van der Waals surface area contributed by atoms with Gasteiger partial charge in [0.1, 0.15) is 0 Å². The first kappa shape index (κ1) is 13.0. The Morgan fingerprint density at radius 1 is 1.13 bits per heavy atom. The first-order valence-electron chi connectivity index (χ1n) is 6.34. The molecule has 0 amide bonds. The molecule has 0 radical (unpaired) electrons. The largest absolute Gasteiger partial charge is 0.328 e. The highest BCUT2D eigenvalue weighted by Gasteiger charge is 2.22. The van der Waals surface area contributed by atoms with E-state index in [4.69, 9.17) is 5.73 Å². The van der Waals surface area contributed by atoms with Crippen molar-refractivity contribution in [2.24, 2.45) is 11.1 Å². The van der Waals surface area contributed by atoms with Gasteiger partial charge in [0.2, 0.25) is 0 Å². The first-order chi connectivity index (χ1) is 6.88. The van der Waals surface area contributed by atoms with Crippen molar-refractivity contribution in [3.63, 3.8) is 0 Å². The lowest BCUT2D eigenvalue weighted by Gasteiger charge is -2.34. The predicted molar refractivity (Wildman–Crippen MR) is 66.9 cm³/mol. The van der Waals surface area contributed by atoms with Gasteiger partial charge in [-0.05, 0) is 51.1 Å². The zero-order chi connectivity index (χ0) is 11.5. The van der Waals surface area contributed by atoms with Crippen LogP contribution < -0.4 is 5.73 Å². The van der Waals surface area contributed by atoms with E-state index in [1.807, 2.05) is 0 Å². The van der Waals surface area contributed by atoms with Gasteiger partial charge in [0, 0.05) is 12.1 Å². The molecule has 0 aromatic carbocycles. The van der Waals surface area contributed by atoms with E-state index < -0.39 is 0 Å². The maximum atomic E-state index is 5.92. The lowest BCUT2D eigenvalue weighted by Crippen LogP contribution is -2.39. The van der Waals surface area contributed by atoms with E-state index in [0.29, 0.717) is 11.5 Å². The fourth-order valence-electron chi connectivity index (χ4n) is 2.24. The highest BCUT2D eigenvalue weighted by Crippen LogP contribution is 2.24. The van der Waals surface area contributed by atoms with Crippen LogP contribution in [0.1, 0.15) is 52.9 Å². The summed E-state index contributed by atoms with van der Waals surface area (Å²) in [7, 11) is 2.27. The Hall–Kier alpha value is -0.0800. The third kappa shape index (κ3) is 4.98. The van der Waals surface area contributed by atoms with E-state index in [1.54, 1.807) is 0 Å². The molecule has 0 aromatic rings. The van der Waals surface area contributed by atoms with E-state index in [-0.39, 0.29) is 0 Å². The molecule has 1 fully saturated rings. The summed E-state index contributed by atoms with van der Waals surface area (Å²) in [6.07, 6.45) is 6.30. The minimum absolute atomic E-state index is 0.458. The quantitative estimate of drug-likeness (QED) is 0.779. The smallest absolute Gasteiger partial charge is 0.00933 e. The van der Waals surface area contributed by atoms with Crippen molar-refractivity contribution in [1.29, 1.82) is 0 Å². The normalized spacial score (nSPS) is 28.4. The molecule has 0 saturated heterocycles. The standard InChI is InChI=1S/C13H28N2/c1-13(2,3)9-10-15(4)12-7-5-11(14)6-8-12/h11-12H,5-10,14H2,1-4H3. The topological polar surface area (TPSA) is 29.3 Å². The van der Waals surface area contributed by atoms with Crippen LogP contribution in [-0.2, 0) is 0 Å². The van der Waals surface area contributed by atoms with Crippen molar-refractivity contribution in [3.05, 3.63) is 0 Å². The van der Waals surface area contributed by atoms with Gasteiger partial charge in [0.05, 0.1) is 0 Å². The highest BCUT2D eigenvalue weighted by molar-refractivity contribution is 4.80. The molecule has 15 heavy (non-hydrogen) atoms. The maximum Gasteiger partial charge on any atom is 0.00933 e. The third-order valence-corrected chi connectivity index (χ3v) is 3.58. The van der Waals surface area contributed by atoms with Crippen LogP contribution in [0.4, 0.5) is 0 Å². The van der Waals surface area contributed by atoms with Crippen molar-refractivity contribution in [2.45, 2.75) is 65.0 Å². The lowest BCUT2D eigenvalue weighted by atomic mass is 9.89. The molecule has 0 bridgehead atoms. The Labute approximate surface area is 95.2 Å². The van der Waals surface area contributed by atoms with Gasteiger partial charge in [-0.3, -0.25) is 0 Å². The van der Waals surface area contributed by atoms with Crippen LogP contribution in [0.2, 0.25) is 0 Å². The molecule has 0 aliphatic heterocycles. The Balaban J connectivity index is 2.25. The summed E-state index contributed by atoms with van der Waals surface area (Å²) in [5.74, 6) is 0. The summed E-state index contributed by atoms with van der Waals surface area (Å²) in [6, 6.07) is 1.25. The van der Waals surface area contributed by atoms with E-state index >= 15 is 0 Å². The van der Waals surface area contributed by atoms with E-state index in [1.165, 1.54) is 38.6 Å². The van der Waals surface area contributed by atoms with Crippen molar-refractivity contribution in [1.82, 2.24) is 4.90 Å². The number of hydrogen-bond acceptors (Lipinski definition) is 2. The van der Waals surface area contributed by atoms with Gasteiger partial charge in [0.25, 0.3) is 0 Å². The molecule has 0 heterocycles. The first-order valence-corrected chi connectivity index (χ1v) is 6.34. The van der Waals surface area contributed by atoms with Gasteiger partial charge in [-0.1, -0.05) is 20.8 Å². The summed E-state index contributed by atoms with van der Waals surface area (Å²) in [6.45, 7) is 8.18. The zero-order valence-corrected chi connectivity index (χ0v) is 10.9. The number of nitrogens with zero attached hydrogens (tertiary/aromatic N) is 1. The molecule has 1 saturated carbocycles. The summed E-state index contributed by atoms with van der Waals surface area (Å²) >= 11 is 0. The van der Waals surface area contributed by atoms with Crippen LogP contribution in [0.3, 0.4) is 0 Å². The van der Waals surface area contributed by atoms with Crippen molar-refractivity contribution in [2.75, 3.05) is 13.6 Å².